The van der Waals surface area contributed by atoms with E-state index >= 15 is 0 Å². The van der Waals surface area contributed by atoms with E-state index in [1.165, 1.54) is 22.3 Å². The molecule has 0 saturated heterocycles. The zero-order valence-electron chi connectivity index (χ0n) is 18.0. The summed E-state index contributed by atoms with van der Waals surface area (Å²) in [4.78, 5) is 5.08. The summed E-state index contributed by atoms with van der Waals surface area (Å²) in [5, 5.41) is 13.4. The minimum absolute atomic E-state index is 0.161. The summed E-state index contributed by atoms with van der Waals surface area (Å²) in [6.07, 6.45) is 1.58. The van der Waals surface area contributed by atoms with Gasteiger partial charge in [-0.25, -0.2) is 4.98 Å². The van der Waals surface area contributed by atoms with Gasteiger partial charge < -0.3 is 10.4 Å². The molecule has 0 amide bonds. The van der Waals surface area contributed by atoms with Crippen molar-refractivity contribution in [2.24, 2.45) is 0 Å². The van der Waals surface area contributed by atoms with Gasteiger partial charge in [-0.3, -0.25) is 0 Å². The van der Waals surface area contributed by atoms with Gasteiger partial charge in [0.15, 0.2) is 0 Å². The molecule has 0 bridgehead atoms. The van der Waals surface area contributed by atoms with E-state index < -0.39 is 0 Å². The van der Waals surface area contributed by atoms with E-state index in [4.69, 9.17) is 21.7 Å². The number of hydrogen-bond donors (Lipinski definition) is 2. The molecule has 4 aromatic rings. The number of aryl methyl sites for hydroxylation is 1. The van der Waals surface area contributed by atoms with Crippen molar-refractivity contribution in [3.8, 4) is 11.3 Å². The summed E-state index contributed by atoms with van der Waals surface area (Å²) in [5.41, 5.74) is 9.32. The molecular formula is C28H25ClN2O. The minimum atomic E-state index is 0.161. The number of pyridine rings is 1. The third-order valence-corrected chi connectivity index (χ3v) is 6.45. The Bertz CT molecular complexity index is 1250. The molecule has 3 aromatic carbocycles. The van der Waals surface area contributed by atoms with Crippen LogP contribution in [0, 0.1) is 6.92 Å². The molecule has 1 atom stereocenters. The summed E-state index contributed by atoms with van der Waals surface area (Å²) in [5.74, 6) is 1.16. The van der Waals surface area contributed by atoms with Crippen LogP contribution in [-0.2, 0) is 12.8 Å². The number of fused-ring (bicyclic) bond motifs is 3. The Balaban J connectivity index is 1.51. The first-order chi connectivity index (χ1) is 15.6. The Labute approximate surface area is 193 Å². The maximum absolute atomic E-state index is 9.13. The average Bonchev–Trinajstić information content (AvgIpc) is 2.81. The second kappa shape index (κ2) is 8.78. The first-order valence-corrected chi connectivity index (χ1v) is 11.3. The lowest BCUT2D eigenvalue weighted by Gasteiger charge is -2.28. The zero-order valence-corrected chi connectivity index (χ0v) is 18.7. The van der Waals surface area contributed by atoms with E-state index in [0.717, 1.165) is 39.8 Å². The fourth-order valence-corrected chi connectivity index (χ4v) is 4.67. The second-order valence-electron chi connectivity index (χ2n) is 8.35. The molecule has 160 valence electrons. The number of nitrogens with zero attached hydrogens (tertiary/aromatic N) is 1. The number of aliphatic hydroxyl groups is 1. The second-order valence-corrected chi connectivity index (χ2v) is 8.79. The number of aliphatic hydroxyl groups excluding tert-OH is 1. The van der Waals surface area contributed by atoms with Crippen molar-refractivity contribution in [1.82, 2.24) is 4.98 Å². The highest BCUT2D eigenvalue weighted by Crippen LogP contribution is 2.43. The van der Waals surface area contributed by atoms with Crippen LogP contribution < -0.4 is 5.32 Å². The molecular weight excluding hydrogens is 416 g/mol. The van der Waals surface area contributed by atoms with Crippen LogP contribution in [0.1, 0.15) is 33.7 Å². The van der Waals surface area contributed by atoms with E-state index in [1.54, 1.807) is 0 Å². The molecule has 5 rings (SSSR count). The molecule has 0 radical (unpaired) electrons. The fraction of sp³-hybridized carbons (Fsp3) is 0.179. The standard InChI is InChI=1S/C28H25ClN2O/c1-18-16-21-17-26(20-8-10-22(29)11-9-20)24-4-2-3-5-25(24)27(21)31-28(18)30-23-12-6-19(7-13-23)14-15-32/h2-13,16,26,32H,14-15,17H2,1H3,(H,30,31). The molecule has 1 heterocycles. The Morgan fingerprint density at radius 1 is 1.00 bits per heavy atom. The van der Waals surface area contributed by atoms with Crippen LogP contribution >= 0.6 is 11.6 Å². The number of hydrogen-bond acceptors (Lipinski definition) is 3. The molecule has 0 aliphatic heterocycles. The monoisotopic (exact) mass is 440 g/mol. The molecule has 1 aromatic heterocycles. The minimum Gasteiger partial charge on any atom is -0.396 e. The van der Waals surface area contributed by atoms with Gasteiger partial charge in [0.1, 0.15) is 5.82 Å². The van der Waals surface area contributed by atoms with Crippen molar-refractivity contribution >= 4 is 23.1 Å². The summed E-state index contributed by atoms with van der Waals surface area (Å²) in [6, 6.07) is 27.2. The summed E-state index contributed by atoms with van der Waals surface area (Å²) in [7, 11) is 0. The van der Waals surface area contributed by atoms with E-state index in [9.17, 15) is 0 Å². The van der Waals surface area contributed by atoms with Gasteiger partial charge in [-0.2, -0.15) is 0 Å². The highest BCUT2D eigenvalue weighted by atomic mass is 35.5. The SMILES string of the molecule is Cc1cc2c(nc1Nc1ccc(CCO)cc1)-c1ccccc1C(c1ccc(Cl)cc1)C2. The highest BCUT2D eigenvalue weighted by Gasteiger charge is 2.27. The first-order valence-electron chi connectivity index (χ1n) is 10.9. The van der Waals surface area contributed by atoms with Gasteiger partial charge >= 0.3 is 0 Å². The smallest absolute Gasteiger partial charge is 0.134 e. The number of anilines is 2. The molecule has 0 spiro atoms. The van der Waals surface area contributed by atoms with E-state index in [-0.39, 0.29) is 12.5 Å². The maximum atomic E-state index is 9.13. The van der Waals surface area contributed by atoms with Crippen molar-refractivity contribution in [3.63, 3.8) is 0 Å². The van der Waals surface area contributed by atoms with Gasteiger partial charge in [0.2, 0.25) is 0 Å². The van der Waals surface area contributed by atoms with Crippen LogP contribution in [0.25, 0.3) is 11.3 Å². The van der Waals surface area contributed by atoms with Gasteiger partial charge in [0, 0.05) is 28.8 Å². The van der Waals surface area contributed by atoms with Gasteiger partial charge in [-0.15, -0.1) is 0 Å². The van der Waals surface area contributed by atoms with Crippen LogP contribution in [0.3, 0.4) is 0 Å². The molecule has 3 nitrogen and oxygen atoms in total. The van der Waals surface area contributed by atoms with Gasteiger partial charge in [0.05, 0.1) is 5.69 Å². The predicted molar refractivity (Wildman–Crippen MR) is 132 cm³/mol. The Morgan fingerprint density at radius 2 is 1.75 bits per heavy atom. The van der Waals surface area contributed by atoms with Crippen LogP contribution in [0.4, 0.5) is 11.5 Å². The summed E-state index contributed by atoms with van der Waals surface area (Å²) >= 11 is 6.13. The van der Waals surface area contributed by atoms with Crippen molar-refractivity contribution in [2.45, 2.75) is 25.7 Å². The molecule has 4 heteroatoms. The molecule has 1 unspecified atom stereocenters. The number of aromatic nitrogens is 1. The van der Waals surface area contributed by atoms with Gasteiger partial charge in [0.25, 0.3) is 0 Å². The Morgan fingerprint density at radius 3 is 2.50 bits per heavy atom. The van der Waals surface area contributed by atoms with E-state index in [1.807, 2.05) is 36.4 Å². The molecule has 0 saturated carbocycles. The van der Waals surface area contributed by atoms with Gasteiger partial charge in [-0.05, 0) is 71.8 Å². The topological polar surface area (TPSA) is 45.2 Å². The maximum Gasteiger partial charge on any atom is 0.134 e. The van der Waals surface area contributed by atoms with E-state index in [0.29, 0.717) is 6.42 Å². The highest BCUT2D eigenvalue weighted by molar-refractivity contribution is 6.30. The molecule has 1 aliphatic carbocycles. The fourth-order valence-electron chi connectivity index (χ4n) is 4.54. The molecule has 0 fully saturated rings. The van der Waals surface area contributed by atoms with Crippen molar-refractivity contribution in [3.05, 3.63) is 112 Å². The van der Waals surface area contributed by atoms with E-state index in [2.05, 4.69) is 54.7 Å². The summed E-state index contributed by atoms with van der Waals surface area (Å²) < 4.78 is 0. The number of benzene rings is 3. The first kappa shape index (κ1) is 20.7. The quantitative estimate of drug-likeness (QED) is 0.364. The number of nitrogens with one attached hydrogen (secondary N) is 1. The van der Waals surface area contributed by atoms with Crippen LogP contribution in [0.15, 0.2) is 78.9 Å². The number of halogens is 1. The van der Waals surface area contributed by atoms with Crippen molar-refractivity contribution in [2.75, 3.05) is 11.9 Å². The Kier molecular flexibility index (Phi) is 5.69. The molecule has 1 aliphatic rings. The lowest BCUT2D eigenvalue weighted by atomic mass is 9.77. The van der Waals surface area contributed by atoms with Crippen molar-refractivity contribution in [1.29, 1.82) is 0 Å². The third kappa shape index (κ3) is 4.02. The lowest BCUT2D eigenvalue weighted by molar-refractivity contribution is 0.299. The number of rotatable bonds is 5. The lowest BCUT2D eigenvalue weighted by Crippen LogP contribution is -2.15. The van der Waals surface area contributed by atoms with Crippen LogP contribution in [-0.4, -0.2) is 16.7 Å². The largest absolute Gasteiger partial charge is 0.396 e. The Hall–Kier alpha value is -3.14. The van der Waals surface area contributed by atoms with Gasteiger partial charge in [-0.1, -0.05) is 66.2 Å². The predicted octanol–water partition coefficient (Wildman–Crippen LogP) is 6.68. The average molecular weight is 441 g/mol. The third-order valence-electron chi connectivity index (χ3n) is 6.20. The summed E-state index contributed by atoms with van der Waals surface area (Å²) in [6.45, 7) is 2.27. The normalized spacial score (nSPS) is 14.5. The van der Waals surface area contributed by atoms with Crippen LogP contribution in [0.2, 0.25) is 5.02 Å². The zero-order chi connectivity index (χ0) is 22.1. The van der Waals surface area contributed by atoms with Crippen LogP contribution in [0.5, 0.6) is 0 Å². The molecule has 32 heavy (non-hydrogen) atoms. The van der Waals surface area contributed by atoms with Crippen molar-refractivity contribution < 1.29 is 5.11 Å². The molecule has 2 N–H and O–H groups in total.